The van der Waals surface area contributed by atoms with E-state index in [1.54, 1.807) is 6.07 Å². The number of benzene rings is 1. The van der Waals surface area contributed by atoms with Gasteiger partial charge in [0, 0.05) is 18.5 Å². The molecule has 1 aliphatic rings. The third-order valence-corrected chi connectivity index (χ3v) is 5.09. The van der Waals surface area contributed by atoms with E-state index in [1.807, 2.05) is 30.3 Å². The van der Waals surface area contributed by atoms with Crippen molar-refractivity contribution in [2.45, 2.75) is 13.3 Å². The van der Waals surface area contributed by atoms with E-state index < -0.39 is 0 Å². The lowest BCUT2D eigenvalue weighted by Crippen LogP contribution is -2.21. The van der Waals surface area contributed by atoms with E-state index in [0.717, 1.165) is 36.2 Å². The number of allylic oxidation sites excluding steroid dienone is 1. The highest BCUT2D eigenvalue weighted by molar-refractivity contribution is 5.92. The Morgan fingerprint density at radius 3 is 2.92 bits per heavy atom. The molecule has 4 nitrogen and oxygen atoms in total. The number of aromatic nitrogens is 3. The van der Waals surface area contributed by atoms with Gasteiger partial charge in [-0.1, -0.05) is 31.2 Å². The Hall–Kier alpha value is -2.69. The van der Waals surface area contributed by atoms with Crippen LogP contribution in [0.25, 0.3) is 22.3 Å². The minimum Gasteiger partial charge on any atom is -0.356 e. The Morgan fingerprint density at radius 2 is 2.08 bits per heavy atom. The van der Waals surface area contributed by atoms with Crippen LogP contribution in [0.2, 0.25) is 0 Å². The molecule has 5 heteroatoms. The van der Waals surface area contributed by atoms with Crippen molar-refractivity contribution in [3.63, 3.8) is 0 Å². The van der Waals surface area contributed by atoms with Crippen LogP contribution in [-0.4, -0.2) is 28.3 Å². The minimum atomic E-state index is -0.351. The number of H-pyrrole nitrogens is 1. The Bertz CT molecular complexity index is 917. The third-order valence-electron chi connectivity index (χ3n) is 5.09. The predicted octanol–water partition coefficient (Wildman–Crippen LogP) is 4.41. The van der Waals surface area contributed by atoms with Crippen LogP contribution in [0.1, 0.15) is 13.3 Å². The van der Waals surface area contributed by atoms with Crippen molar-refractivity contribution < 1.29 is 4.39 Å². The molecule has 1 aromatic carbocycles. The lowest BCUT2D eigenvalue weighted by atomic mass is 9.95. The lowest BCUT2D eigenvalue weighted by molar-refractivity contribution is 0.458. The fraction of sp³-hybridized carbons (Fsp3) is 0.300. The van der Waals surface area contributed by atoms with Crippen molar-refractivity contribution in [3.05, 3.63) is 54.9 Å². The van der Waals surface area contributed by atoms with Gasteiger partial charge in [0.25, 0.3) is 0 Å². The first-order valence-corrected chi connectivity index (χ1v) is 8.63. The Balaban J connectivity index is 1.71. The first-order valence-electron chi connectivity index (χ1n) is 8.63. The molecule has 1 fully saturated rings. The molecule has 0 saturated carbocycles. The number of para-hydroxylation sites is 1. The highest BCUT2D eigenvalue weighted by Gasteiger charge is 2.30. The second-order valence-corrected chi connectivity index (χ2v) is 6.78. The molecule has 0 spiro atoms. The van der Waals surface area contributed by atoms with Gasteiger partial charge >= 0.3 is 0 Å². The number of fused-ring (bicyclic) bond motifs is 1. The Kier molecular flexibility index (Phi) is 3.99. The maximum Gasteiger partial charge on any atom is 0.151 e. The van der Waals surface area contributed by atoms with Gasteiger partial charge < -0.3 is 4.90 Å². The second kappa shape index (κ2) is 6.31. The summed E-state index contributed by atoms with van der Waals surface area (Å²) in [4.78, 5) is 6.85. The van der Waals surface area contributed by atoms with Gasteiger partial charge in [-0.05, 0) is 36.5 Å². The topological polar surface area (TPSA) is 44.8 Å². The highest BCUT2D eigenvalue weighted by Crippen LogP contribution is 2.32. The summed E-state index contributed by atoms with van der Waals surface area (Å²) in [6.07, 6.45) is 2.97. The number of hydrogen-bond donors (Lipinski definition) is 1. The average molecular weight is 336 g/mol. The van der Waals surface area contributed by atoms with E-state index in [0.29, 0.717) is 23.2 Å². The first kappa shape index (κ1) is 15.8. The van der Waals surface area contributed by atoms with E-state index in [1.165, 1.54) is 6.07 Å². The summed E-state index contributed by atoms with van der Waals surface area (Å²) >= 11 is 0. The van der Waals surface area contributed by atoms with Crippen LogP contribution in [-0.2, 0) is 0 Å². The van der Waals surface area contributed by atoms with Crippen molar-refractivity contribution in [3.8, 4) is 11.4 Å². The summed E-state index contributed by atoms with van der Waals surface area (Å²) in [7, 11) is 0. The van der Waals surface area contributed by atoms with E-state index in [-0.39, 0.29) is 5.82 Å². The van der Waals surface area contributed by atoms with Crippen LogP contribution in [0.15, 0.2) is 49.1 Å². The van der Waals surface area contributed by atoms with Crippen molar-refractivity contribution in [2.24, 2.45) is 11.8 Å². The van der Waals surface area contributed by atoms with Crippen molar-refractivity contribution in [2.75, 3.05) is 18.0 Å². The van der Waals surface area contributed by atoms with Gasteiger partial charge in [0.05, 0.1) is 5.52 Å². The summed E-state index contributed by atoms with van der Waals surface area (Å²) in [5.74, 6) is 1.59. The predicted molar refractivity (Wildman–Crippen MR) is 99.0 cm³/mol. The monoisotopic (exact) mass is 336 g/mol. The summed E-state index contributed by atoms with van der Waals surface area (Å²) < 4.78 is 14.5. The summed E-state index contributed by atoms with van der Waals surface area (Å²) in [5, 5.41) is 8.13. The fourth-order valence-electron chi connectivity index (χ4n) is 3.66. The molecule has 2 atom stereocenters. The van der Waals surface area contributed by atoms with Crippen LogP contribution >= 0.6 is 0 Å². The van der Waals surface area contributed by atoms with Crippen LogP contribution in [0.3, 0.4) is 0 Å². The molecule has 3 heterocycles. The Labute approximate surface area is 146 Å². The summed E-state index contributed by atoms with van der Waals surface area (Å²) in [6.45, 7) is 7.95. The molecule has 0 aliphatic carbocycles. The maximum absolute atomic E-state index is 14.5. The number of pyridine rings is 1. The number of aromatic amines is 1. The maximum atomic E-state index is 14.5. The molecule has 1 N–H and O–H groups in total. The van der Waals surface area contributed by atoms with E-state index >= 15 is 0 Å². The Morgan fingerprint density at radius 1 is 1.24 bits per heavy atom. The van der Waals surface area contributed by atoms with Gasteiger partial charge in [-0.2, -0.15) is 5.10 Å². The van der Waals surface area contributed by atoms with Crippen molar-refractivity contribution in [1.82, 2.24) is 15.2 Å². The number of anilines is 1. The summed E-state index contributed by atoms with van der Waals surface area (Å²) in [6, 6.07) is 11.0. The standard InChI is InChI=1S/C20H21FN4/c1-3-6-14-12-25(11-13(14)2)18-10-9-16(21)20(22-18)19-15-7-4-5-8-17(15)23-24-19/h3-5,7-10,13-14H,1,6,11-12H2,2H3,(H,23,24). The molecule has 0 radical (unpaired) electrons. The van der Waals surface area contributed by atoms with Crippen LogP contribution in [0, 0.1) is 17.7 Å². The quantitative estimate of drug-likeness (QED) is 0.718. The van der Waals surface area contributed by atoms with Crippen LogP contribution in [0.5, 0.6) is 0 Å². The van der Waals surface area contributed by atoms with Gasteiger partial charge in [0.1, 0.15) is 17.2 Å². The normalized spacial score (nSPS) is 20.3. The van der Waals surface area contributed by atoms with Gasteiger partial charge in [0.15, 0.2) is 5.82 Å². The SMILES string of the molecule is C=CCC1CN(c2ccc(F)c(-c3n[nH]c4ccccc34)n2)CC1C. The number of nitrogens with one attached hydrogen (secondary N) is 1. The molecular weight excluding hydrogens is 315 g/mol. The molecular formula is C20H21FN4. The lowest BCUT2D eigenvalue weighted by Gasteiger charge is -2.18. The van der Waals surface area contributed by atoms with E-state index in [9.17, 15) is 4.39 Å². The van der Waals surface area contributed by atoms with Crippen LogP contribution < -0.4 is 4.90 Å². The summed E-state index contributed by atoms with van der Waals surface area (Å²) in [5.41, 5.74) is 1.74. The molecule has 0 amide bonds. The average Bonchev–Trinajstić information content (AvgIpc) is 3.20. The van der Waals surface area contributed by atoms with Gasteiger partial charge in [-0.3, -0.25) is 5.10 Å². The number of rotatable bonds is 4. The fourth-order valence-corrected chi connectivity index (χ4v) is 3.66. The molecule has 2 aromatic heterocycles. The van der Waals surface area contributed by atoms with Gasteiger partial charge in [0.2, 0.25) is 0 Å². The van der Waals surface area contributed by atoms with Gasteiger partial charge in [-0.25, -0.2) is 9.37 Å². The number of halogens is 1. The molecule has 1 aliphatic heterocycles. The van der Waals surface area contributed by atoms with E-state index in [4.69, 9.17) is 0 Å². The molecule has 25 heavy (non-hydrogen) atoms. The largest absolute Gasteiger partial charge is 0.356 e. The molecule has 0 bridgehead atoms. The molecule has 3 aromatic rings. The minimum absolute atomic E-state index is 0.301. The highest BCUT2D eigenvalue weighted by atomic mass is 19.1. The molecule has 2 unspecified atom stereocenters. The zero-order valence-corrected chi connectivity index (χ0v) is 14.2. The zero-order chi connectivity index (χ0) is 17.4. The van der Waals surface area contributed by atoms with Crippen molar-refractivity contribution in [1.29, 1.82) is 0 Å². The number of nitrogens with zero attached hydrogens (tertiary/aromatic N) is 3. The zero-order valence-electron chi connectivity index (χ0n) is 14.2. The molecule has 1 saturated heterocycles. The molecule has 4 rings (SSSR count). The third kappa shape index (κ3) is 2.80. The van der Waals surface area contributed by atoms with E-state index in [2.05, 4.69) is 33.6 Å². The van der Waals surface area contributed by atoms with Gasteiger partial charge in [-0.15, -0.1) is 6.58 Å². The second-order valence-electron chi connectivity index (χ2n) is 6.78. The van der Waals surface area contributed by atoms with Crippen molar-refractivity contribution >= 4 is 16.7 Å². The smallest absolute Gasteiger partial charge is 0.151 e. The van der Waals surface area contributed by atoms with Crippen LogP contribution in [0.4, 0.5) is 10.2 Å². The first-order chi connectivity index (χ1) is 12.2. The number of hydrogen-bond acceptors (Lipinski definition) is 3. The molecule has 128 valence electrons.